The highest BCUT2D eigenvalue weighted by molar-refractivity contribution is 7.99. The molecule has 0 bridgehead atoms. The summed E-state index contributed by atoms with van der Waals surface area (Å²) in [5.74, 6) is 0.797. The van der Waals surface area contributed by atoms with Crippen LogP contribution in [0, 0.1) is 0 Å². The lowest BCUT2D eigenvalue weighted by atomic mass is 10.2. The second kappa shape index (κ2) is 6.95. The molecule has 1 aromatic heterocycles. The molecule has 1 aromatic carbocycles. The minimum absolute atomic E-state index is 0.0264. The Morgan fingerprint density at radius 3 is 2.95 bits per heavy atom. The maximum Gasteiger partial charge on any atom is 0.224 e. The first-order chi connectivity index (χ1) is 9.66. The molecule has 7 heteroatoms. The van der Waals surface area contributed by atoms with Crippen LogP contribution in [0.15, 0.2) is 35.7 Å². The van der Waals surface area contributed by atoms with Gasteiger partial charge in [-0.05, 0) is 18.6 Å². The third-order valence-electron chi connectivity index (χ3n) is 2.68. The van der Waals surface area contributed by atoms with Gasteiger partial charge >= 0.3 is 0 Å². The quantitative estimate of drug-likeness (QED) is 0.482. The molecule has 0 saturated carbocycles. The number of rotatable bonds is 6. The number of nitrogens with one attached hydrogen (secondary N) is 1. The molecule has 0 radical (unpaired) electrons. The van der Waals surface area contributed by atoms with E-state index >= 15 is 0 Å². The molecule has 0 saturated heterocycles. The molecule has 3 N–H and O–H groups in total. The number of hydrogen-bond acceptors (Lipinski definition) is 5. The van der Waals surface area contributed by atoms with Gasteiger partial charge < -0.3 is 15.6 Å². The number of aromatic nitrogens is 3. The van der Waals surface area contributed by atoms with Crippen molar-refractivity contribution in [1.82, 2.24) is 14.8 Å². The van der Waals surface area contributed by atoms with Crippen molar-refractivity contribution in [2.45, 2.75) is 18.0 Å². The fourth-order valence-electron chi connectivity index (χ4n) is 1.62. The van der Waals surface area contributed by atoms with Crippen molar-refractivity contribution < 1.29 is 4.79 Å². The molecule has 2 aromatic rings. The Hall–Kier alpha value is -2.02. The van der Waals surface area contributed by atoms with Crippen LogP contribution in [-0.2, 0) is 11.8 Å². The Morgan fingerprint density at radius 2 is 2.25 bits per heavy atom. The van der Waals surface area contributed by atoms with E-state index in [1.165, 1.54) is 0 Å². The summed E-state index contributed by atoms with van der Waals surface area (Å²) in [7, 11) is 1.90. The first-order valence-electron chi connectivity index (χ1n) is 6.28. The topological polar surface area (TPSA) is 85.8 Å². The molecule has 0 spiro atoms. The first-order valence-corrected chi connectivity index (χ1v) is 7.26. The SMILES string of the molecule is Cn1cnnc1SCCCC(=O)Nc1ccccc1N. The zero-order valence-corrected chi connectivity index (χ0v) is 12.1. The lowest BCUT2D eigenvalue weighted by molar-refractivity contribution is -0.116. The zero-order valence-electron chi connectivity index (χ0n) is 11.2. The molecule has 1 amide bonds. The van der Waals surface area contributed by atoms with Gasteiger partial charge in [-0.25, -0.2) is 0 Å². The van der Waals surface area contributed by atoms with Gasteiger partial charge in [0.2, 0.25) is 5.91 Å². The lowest BCUT2D eigenvalue weighted by Gasteiger charge is -2.07. The summed E-state index contributed by atoms with van der Waals surface area (Å²) >= 11 is 1.59. The molecule has 0 fully saturated rings. The van der Waals surface area contributed by atoms with E-state index in [0.717, 1.165) is 17.3 Å². The largest absolute Gasteiger partial charge is 0.397 e. The lowest BCUT2D eigenvalue weighted by Crippen LogP contribution is -2.12. The number of nitrogens with two attached hydrogens (primary N) is 1. The van der Waals surface area contributed by atoms with Gasteiger partial charge in [0.05, 0.1) is 11.4 Å². The molecule has 0 atom stereocenters. The van der Waals surface area contributed by atoms with Crippen LogP contribution in [0.25, 0.3) is 0 Å². The Kier molecular flexibility index (Phi) is 5.00. The third kappa shape index (κ3) is 3.99. The van der Waals surface area contributed by atoms with Crippen LogP contribution in [0.4, 0.5) is 11.4 Å². The standard InChI is InChI=1S/C13H17N5OS/c1-18-9-15-17-13(18)20-8-4-7-12(19)16-11-6-3-2-5-10(11)14/h2-3,5-6,9H,4,7-8,14H2,1H3,(H,16,19). The van der Waals surface area contributed by atoms with Gasteiger partial charge in [0, 0.05) is 19.2 Å². The minimum Gasteiger partial charge on any atom is -0.397 e. The Balaban J connectivity index is 1.71. The molecule has 1 heterocycles. The molecule has 2 rings (SSSR count). The van der Waals surface area contributed by atoms with E-state index in [4.69, 9.17) is 5.73 Å². The maximum absolute atomic E-state index is 11.8. The van der Waals surface area contributed by atoms with Gasteiger partial charge in [-0.15, -0.1) is 10.2 Å². The summed E-state index contributed by atoms with van der Waals surface area (Å²) in [5, 5.41) is 11.4. The highest BCUT2D eigenvalue weighted by atomic mass is 32.2. The predicted octanol–water partition coefficient (Wildman–Crippen LogP) is 1.91. The number of para-hydroxylation sites is 2. The summed E-state index contributed by atoms with van der Waals surface area (Å²) < 4.78 is 1.86. The highest BCUT2D eigenvalue weighted by Crippen LogP contribution is 2.18. The molecule has 0 unspecified atom stereocenters. The van der Waals surface area contributed by atoms with Gasteiger partial charge in [0.1, 0.15) is 6.33 Å². The average Bonchev–Trinajstić information content (AvgIpc) is 2.83. The molecule has 20 heavy (non-hydrogen) atoms. The number of hydrogen-bond donors (Lipinski definition) is 2. The van der Waals surface area contributed by atoms with Crippen LogP contribution < -0.4 is 11.1 Å². The van der Waals surface area contributed by atoms with Crippen molar-refractivity contribution in [3.05, 3.63) is 30.6 Å². The Bertz CT molecular complexity index is 584. The van der Waals surface area contributed by atoms with Crippen molar-refractivity contribution in [2.75, 3.05) is 16.8 Å². The minimum atomic E-state index is -0.0264. The van der Waals surface area contributed by atoms with Gasteiger partial charge in [-0.2, -0.15) is 0 Å². The van der Waals surface area contributed by atoms with Crippen LogP contribution in [0.1, 0.15) is 12.8 Å². The van der Waals surface area contributed by atoms with E-state index in [9.17, 15) is 4.79 Å². The second-order valence-electron chi connectivity index (χ2n) is 4.31. The highest BCUT2D eigenvalue weighted by Gasteiger charge is 2.06. The molecule has 0 aliphatic carbocycles. The molecule has 106 valence electrons. The van der Waals surface area contributed by atoms with Crippen LogP contribution in [0.2, 0.25) is 0 Å². The Labute approximate surface area is 121 Å². The van der Waals surface area contributed by atoms with E-state index in [1.54, 1.807) is 30.2 Å². The van der Waals surface area contributed by atoms with Crippen molar-refractivity contribution in [1.29, 1.82) is 0 Å². The van der Waals surface area contributed by atoms with Crippen molar-refractivity contribution in [3.8, 4) is 0 Å². The summed E-state index contributed by atoms with van der Waals surface area (Å²) in [6, 6.07) is 7.24. The fourth-order valence-corrected chi connectivity index (χ4v) is 2.45. The monoisotopic (exact) mass is 291 g/mol. The van der Waals surface area contributed by atoms with E-state index in [-0.39, 0.29) is 5.91 Å². The number of nitrogen functional groups attached to an aromatic ring is 1. The van der Waals surface area contributed by atoms with Gasteiger partial charge in [0.15, 0.2) is 5.16 Å². The number of benzene rings is 1. The van der Waals surface area contributed by atoms with Crippen molar-refractivity contribution in [2.24, 2.45) is 7.05 Å². The summed E-state index contributed by atoms with van der Waals surface area (Å²) in [4.78, 5) is 11.8. The van der Waals surface area contributed by atoms with Crippen LogP contribution in [0.5, 0.6) is 0 Å². The van der Waals surface area contributed by atoms with Crippen LogP contribution in [0.3, 0.4) is 0 Å². The molecule has 0 aliphatic heterocycles. The number of carbonyl (C=O) groups excluding carboxylic acids is 1. The Morgan fingerprint density at radius 1 is 1.45 bits per heavy atom. The van der Waals surface area contributed by atoms with E-state index in [2.05, 4.69) is 15.5 Å². The predicted molar refractivity (Wildman–Crippen MR) is 80.4 cm³/mol. The van der Waals surface area contributed by atoms with E-state index in [1.807, 2.05) is 23.7 Å². The number of carbonyl (C=O) groups is 1. The number of anilines is 2. The van der Waals surface area contributed by atoms with Gasteiger partial charge in [-0.1, -0.05) is 23.9 Å². The maximum atomic E-state index is 11.8. The molecular weight excluding hydrogens is 274 g/mol. The van der Waals surface area contributed by atoms with E-state index < -0.39 is 0 Å². The summed E-state index contributed by atoms with van der Waals surface area (Å²) in [5.41, 5.74) is 7.01. The summed E-state index contributed by atoms with van der Waals surface area (Å²) in [6.07, 6.45) is 2.89. The average molecular weight is 291 g/mol. The third-order valence-corrected chi connectivity index (χ3v) is 3.80. The molecular formula is C13H17N5OS. The van der Waals surface area contributed by atoms with Crippen LogP contribution in [-0.4, -0.2) is 26.4 Å². The van der Waals surface area contributed by atoms with Crippen molar-refractivity contribution >= 4 is 29.0 Å². The normalized spacial score (nSPS) is 10.4. The summed E-state index contributed by atoms with van der Waals surface area (Å²) in [6.45, 7) is 0. The second-order valence-corrected chi connectivity index (χ2v) is 5.37. The van der Waals surface area contributed by atoms with Crippen molar-refractivity contribution in [3.63, 3.8) is 0 Å². The number of amides is 1. The number of aryl methyl sites for hydroxylation is 1. The fraction of sp³-hybridized carbons (Fsp3) is 0.308. The zero-order chi connectivity index (χ0) is 14.4. The van der Waals surface area contributed by atoms with E-state index in [0.29, 0.717) is 17.8 Å². The smallest absolute Gasteiger partial charge is 0.224 e. The van der Waals surface area contributed by atoms with Gasteiger partial charge in [-0.3, -0.25) is 4.79 Å². The molecule has 6 nitrogen and oxygen atoms in total. The first kappa shape index (κ1) is 14.4. The molecule has 0 aliphatic rings. The number of thioether (sulfide) groups is 1. The number of nitrogens with zero attached hydrogens (tertiary/aromatic N) is 3. The van der Waals surface area contributed by atoms with Gasteiger partial charge in [0.25, 0.3) is 0 Å². The van der Waals surface area contributed by atoms with Crippen LogP contribution >= 0.6 is 11.8 Å².